The first kappa shape index (κ1) is 17.6. The number of morpholine rings is 1. The van der Waals surface area contributed by atoms with Crippen molar-refractivity contribution in [3.63, 3.8) is 0 Å². The van der Waals surface area contributed by atoms with Gasteiger partial charge in [-0.05, 0) is 49.1 Å². The molecule has 7 heteroatoms. The summed E-state index contributed by atoms with van der Waals surface area (Å²) in [4.78, 5) is 16.5. The van der Waals surface area contributed by atoms with E-state index >= 15 is 0 Å². The van der Waals surface area contributed by atoms with Gasteiger partial charge in [0.15, 0.2) is 5.82 Å². The first-order valence-corrected chi connectivity index (χ1v) is 10.5. The van der Waals surface area contributed by atoms with Crippen molar-refractivity contribution in [2.24, 2.45) is 0 Å². The highest BCUT2D eigenvalue weighted by atomic mass is 32.1. The van der Waals surface area contributed by atoms with Crippen LogP contribution in [0.2, 0.25) is 0 Å². The molecule has 144 valence electrons. The van der Waals surface area contributed by atoms with Crippen LogP contribution in [-0.2, 0) is 4.74 Å². The fraction of sp³-hybridized carbons (Fsp3) is 0.381. The van der Waals surface area contributed by atoms with Crippen molar-refractivity contribution in [3.8, 4) is 10.4 Å². The van der Waals surface area contributed by atoms with Gasteiger partial charge in [-0.25, -0.2) is 0 Å². The molecule has 1 N–H and O–H groups in total. The lowest BCUT2D eigenvalue weighted by Gasteiger charge is -2.28. The number of hydrogen-bond acceptors (Lipinski definition) is 6. The number of carbonyl (C=O) groups excluding carboxylic acids is 1. The second-order valence-corrected chi connectivity index (χ2v) is 8.49. The standard InChI is InChI=1S/C21H22N4O2S/c1-13-10-18(21(26)23-16-3-4-16)28-19(13)14-2-5-17-15(11-14)12-22-24-20(17)25-6-8-27-9-7-25/h2,5,10-12,16H,3-4,6-9H2,1H3,(H,23,26). The molecule has 0 unspecified atom stereocenters. The first-order valence-electron chi connectivity index (χ1n) is 9.69. The molecule has 0 bridgehead atoms. The smallest absolute Gasteiger partial charge is 0.261 e. The van der Waals surface area contributed by atoms with E-state index in [4.69, 9.17) is 4.74 Å². The monoisotopic (exact) mass is 394 g/mol. The van der Waals surface area contributed by atoms with E-state index in [1.165, 1.54) is 0 Å². The third kappa shape index (κ3) is 3.36. The number of nitrogens with one attached hydrogen (secondary N) is 1. The molecule has 5 rings (SSSR count). The van der Waals surface area contributed by atoms with E-state index in [1.807, 2.05) is 12.3 Å². The van der Waals surface area contributed by atoms with Crippen LogP contribution in [0.15, 0.2) is 30.5 Å². The number of carbonyl (C=O) groups is 1. The molecular formula is C21H22N4O2S. The zero-order chi connectivity index (χ0) is 19.1. The van der Waals surface area contributed by atoms with E-state index in [2.05, 4.69) is 45.5 Å². The van der Waals surface area contributed by atoms with E-state index in [1.54, 1.807) is 11.3 Å². The van der Waals surface area contributed by atoms with Crippen LogP contribution in [0.25, 0.3) is 21.2 Å². The molecule has 1 aliphatic heterocycles. The number of fused-ring (bicyclic) bond motifs is 1. The molecule has 3 heterocycles. The lowest BCUT2D eigenvalue weighted by Crippen LogP contribution is -2.37. The highest BCUT2D eigenvalue weighted by molar-refractivity contribution is 7.17. The molecule has 2 aromatic heterocycles. The van der Waals surface area contributed by atoms with E-state index < -0.39 is 0 Å². The van der Waals surface area contributed by atoms with Gasteiger partial charge in [-0.1, -0.05) is 6.07 Å². The Morgan fingerprint density at radius 3 is 2.86 bits per heavy atom. The number of anilines is 1. The summed E-state index contributed by atoms with van der Waals surface area (Å²) in [6, 6.07) is 8.75. The topological polar surface area (TPSA) is 67.4 Å². The van der Waals surface area contributed by atoms with Crippen molar-refractivity contribution in [2.45, 2.75) is 25.8 Å². The number of benzene rings is 1. The van der Waals surface area contributed by atoms with Crippen LogP contribution in [0.4, 0.5) is 5.82 Å². The second kappa shape index (κ2) is 7.14. The van der Waals surface area contributed by atoms with Gasteiger partial charge in [0.2, 0.25) is 0 Å². The third-order valence-corrected chi connectivity index (χ3v) is 6.55. The average Bonchev–Trinajstić information content (AvgIpc) is 3.46. The summed E-state index contributed by atoms with van der Waals surface area (Å²) in [6.07, 6.45) is 4.01. The van der Waals surface area contributed by atoms with Crippen LogP contribution in [0.1, 0.15) is 28.1 Å². The lowest BCUT2D eigenvalue weighted by molar-refractivity contribution is 0.0955. The largest absolute Gasteiger partial charge is 0.378 e. The van der Waals surface area contributed by atoms with Crippen molar-refractivity contribution >= 4 is 33.8 Å². The average molecular weight is 395 g/mol. The van der Waals surface area contributed by atoms with Crippen LogP contribution in [0, 0.1) is 6.92 Å². The molecule has 6 nitrogen and oxygen atoms in total. The van der Waals surface area contributed by atoms with Gasteiger partial charge >= 0.3 is 0 Å². The molecule has 0 spiro atoms. The van der Waals surface area contributed by atoms with E-state index in [9.17, 15) is 4.79 Å². The Bertz CT molecular complexity index is 1040. The second-order valence-electron chi connectivity index (χ2n) is 7.44. The van der Waals surface area contributed by atoms with E-state index in [0.717, 1.165) is 76.6 Å². The van der Waals surface area contributed by atoms with Crippen LogP contribution in [-0.4, -0.2) is 48.4 Å². The minimum atomic E-state index is 0.0445. The summed E-state index contributed by atoms with van der Waals surface area (Å²) in [6.45, 7) is 5.17. The molecule has 28 heavy (non-hydrogen) atoms. The Hall–Kier alpha value is -2.51. The normalized spacial score (nSPS) is 17.1. The molecule has 1 saturated carbocycles. The predicted octanol–water partition coefficient (Wildman–Crippen LogP) is 3.40. The number of thiophene rings is 1. The third-order valence-electron chi connectivity index (χ3n) is 5.27. The molecule has 1 amide bonds. The molecule has 0 radical (unpaired) electrons. The Labute approximate surface area is 167 Å². The number of aryl methyl sites for hydroxylation is 1. The van der Waals surface area contributed by atoms with Gasteiger partial charge in [-0.3, -0.25) is 4.79 Å². The summed E-state index contributed by atoms with van der Waals surface area (Å²) in [5.74, 6) is 0.961. The Morgan fingerprint density at radius 2 is 2.07 bits per heavy atom. The predicted molar refractivity (Wildman–Crippen MR) is 111 cm³/mol. The molecule has 2 fully saturated rings. The van der Waals surface area contributed by atoms with Crippen molar-refractivity contribution in [1.29, 1.82) is 0 Å². The highest BCUT2D eigenvalue weighted by Gasteiger charge is 2.25. The minimum Gasteiger partial charge on any atom is -0.378 e. The molecule has 1 saturated heterocycles. The minimum absolute atomic E-state index is 0.0445. The molecule has 1 aliphatic carbocycles. The van der Waals surface area contributed by atoms with Crippen LogP contribution in [0.5, 0.6) is 0 Å². The molecule has 1 aromatic carbocycles. The van der Waals surface area contributed by atoms with Gasteiger partial charge in [0, 0.05) is 34.8 Å². The summed E-state index contributed by atoms with van der Waals surface area (Å²) in [5.41, 5.74) is 2.24. The van der Waals surface area contributed by atoms with Crippen molar-refractivity contribution in [1.82, 2.24) is 15.5 Å². The van der Waals surface area contributed by atoms with Crippen LogP contribution < -0.4 is 10.2 Å². The summed E-state index contributed by atoms with van der Waals surface area (Å²) >= 11 is 1.56. The summed E-state index contributed by atoms with van der Waals surface area (Å²) in [7, 11) is 0. The number of hydrogen-bond donors (Lipinski definition) is 1. The zero-order valence-electron chi connectivity index (χ0n) is 15.8. The first-order chi connectivity index (χ1) is 13.7. The number of aromatic nitrogens is 2. The van der Waals surface area contributed by atoms with Crippen LogP contribution in [0.3, 0.4) is 0 Å². The van der Waals surface area contributed by atoms with Gasteiger partial charge in [0.25, 0.3) is 5.91 Å². The van der Waals surface area contributed by atoms with Crippen molar-refractivity contribution in [3.05, 3.63) is 40.9 Å². The number of rotatable bonds is 4. The maximum absolute atomic E-state index is 12.4. The van der Waals surface area contributed by atoms with Gasteiger partial charge < -0.3 is 15.0 Å². The maximum Gasteiger partial charge on any atom is 0.261 e. The fourth-order valence-electron chi connectivity index (χ4n) is 3.59. The fourth-order valence-corrected chi connectivity index (χ4v) is 4.66. The van der Waals surface area contributed by atoms with Crippen molar-refractivity contribution in [2.75, 3.05) is 31.2 Å². The SMILES string of the molecule is Cc1cc(C(=O)NC2CC2)sc1-c1ccc2c(N3CCOCC3)nncc2c1. The quantitative estimate of drug-likeness (QED) is 0.735. The molecular weight excluding hydrogens is 372 g/mol. The van der Waals surface area contributed by atoms with Gasteiger partial charge in [-0.15, -0.1) is 16.4 Å². The maximum atomic E-state index is 12.4. The van der Waals surface area contributed by atoms with Crippen molar-refractivity contribution < 1.29 is 9.53 Å². The van der Waals surface area contributed by atoms with Gasteiger partial charge in [0.1, 0.15) is 0 Å². The zero-order valence-corrected chi connectivity index (χ0v) is 16.6. The lowest BCUT2D eigenvalue weighted by atomic mass is 10.1. The summed E-state index contributed by atoms with van der Waals surface area (Å²) in [5, 5.41) is 13.8. The Morgan fingerprint density at radius 1 is 1.25 bits per heavy atom. The Kier molecular flexibility index (Phi) is 4.49. The van der Waals surface area contributed by atoms with Gasteiger partial charge in [0.05, 0.1) is 24.3 Å². The van der Waals surface area contributed by atoms with Crippen LogP contribution >= 0.6 is 11.3 Å². The number of amides is 1. The van der Waals surface area contributed by atoms with Gasteiger partial charge in [-0.2, -0.15) is 5.10 Å². The molecule has 2 aliphatic rings. The number of nitrogens with zero attached hydrogens (tertiary/aromatic N) is 3. The molecule has 3 aromatic rings. The van der Waals surface area contributed by atoms with E-state index in [0.29, 0.717) is 6.04 Å². The molecule has 0 atom stereocenters. The highest BCUT2D eigenvalue weighted by Crippen LogP contribution is 2.35. The summed E-state index contributed by atoms with van der Waals surface area (Å²) < 4.78 is 5.45. The Balaban J connectivity index is 1.48. The number of ether oxygens (including phenoxy) is 1. The van der Waals surface area contributed by atoms with E-state index in [-0.39, 0.29) is 5.91 Å².